The molecule has 0 unspecified atom stereocenters. The predicted molar refractivity (Wildman–Crippen MR) is 10.4 cm³/mol. The fourth-order valence-corrected chi connectivity index (χ4v) is 0. The summed E-state index contributed by atoms with van der Waals surface area (Å²) in [7, 11) is 0. The van der Waals surface area contributed by atoms with E-state index >= 15 is 0 Å². The molecule has 0 aromatic rings. The molecule has 5 heavy (non-hydrogen) atoms. The van der Waals surface area contributed by atoms with E-state index in [4.69, 9.17) is 15.3 Å². The van der Waals surface area contributed by atoms with Crippen LogP contribution in [0.3, 0.4) is 0 Å². The molecule has 0 spiro atoms. The zero-order valence-electron chi connectivity index (χ0n) is 2.38. The number of nitrogens with zero attached hydrogens (tertiary/aromatic N) is 1. The minimum atomic E-state index is -1.75. The molecule has 0 aliphatic carbocycles. The van der Waals surface area contributed by atoms with E-state index in [2.05, 4.69) is 0 Å². The SMILES string of the molecule is O=[N+]([O-])[O-].[Zn]. The van der Waals surface area contributed by atoms with Crippen LogP contribution in [0.5, 0.6) is 0 Å². The Bertz CT molecular complexity index is 29.9. The predicted octanol–water partition coefficient (Wildman–Crippen LogP) is -0.242. The van der Waals surface area contributed by atoms with Crippen LogP contribution in [-0.2, 0) is 19.5 Å². The van der Waals surface area contributed by atoms with Gasteiger partial charge in [0, 0.05) is 19.5 Å². The summed E-state index contributed by atoms with van der Waals surface area (Å²) in [6.07, 6.45) is 0. The molecule has 26 valence electrons. The zero-order chi connectivity index (χ0) is 3.58. The summed E-state index contributed by atoms with van der Waals surface area (Å²) in [6.45, 7) is 0. The number of hydrogen-bond acceptors (Lipinski definition) is 3. The average Bonchev–Trinajstić information content (AvgIpc) is 0.811. The molecule has 5 heteroatoms. The second-order valence-electron chi connectivity index (χ2n) is 0.224. The fraction of sp³-hybridized carbons (Fsp3) is 0. The van der Waals surface area contributed by atoms with Crippen molar-refractivity contribution in [3.05, 3.63) is 15.3 Å². The van der Waals surface area contributed by atoms with Crippen LogP contribution in [0.2, 0.25) is 0 Å². The Hall–Kier alpha value is -0.177. The second kappa shape index (κ2) is 3.82. The van der Waals surface area contributed by atoms with Gasteiger partial charge in [-0.3, -0.25) is 0 Å². The van der Waals surface area contributed by atoms with Gasteiger partial charge in [0.15, 0.2) is 0 Å². The summed E-state index contributed by atoms with van der Waals surface area (Å²) in [5, 5.41) is 14.8. The fourth-order valence-electron chi connectivity index (χ4n) is 0. The van der Waals surface area contributed by atoms with Gasteiger partial charge in [-0.05, 0) is 0 Å². The number of rotatable bonds is 0. The van der Waals surface area contributed by atoms with E-state index in [-0.39, 0.29) is 19.5 Å². The van der Waals surface area contributed by atoms with E-state index < -0.39 is 5.09 Å². The van der Waals surface area contributed by atoms with Crippen LogP contribution in [0.15, 0.2) is 0 Å². The van der Waals surface area contributed by atoms with Crippen LogP contribution in [0.4, 0.5) is 0 Å². The minimum Gasteiger partial charge on any atom is -0.356 e. The molecular formula is NO3Zn-. The van der Waals surface area contributed by atoms with Crippen molar-refractivity contribution >= 4 is 0 Å². The van der Waals surface area contributed by atoms with Crippen LogP contribution in [0, 0.1) is 15.3 Å². The molecule has 0 radical (unpaired) electrons. The largest absolute Gasteiger partial charge is 0.356 e. The van der Waals surface area contributed by atoms with E-state index in [0.717, 1.165) is 0 Å². The molecule has 0 amide bonds. The van der Waals surface area contributed by atoms with Crippen molar-refractivity contribution in [2.24, 2.45) is 0 Å². The molecule has 0 aliphatic rings. The molecule has 0 N–H and O–H groups in total. The van der Waals surface area contributed by atoms with Crippen molar-refractivity contribution in [1.82, 2.24) is 0 Å². The monoisotopic (exact) mass is 126 g/mol. The van der Waals surface area contributed by atoms with Crippen LogP contribution in [-0.4, -0.2) is 5.09 Å². The van der Waals surface area contributed by atoms with Gasteiger partial charge >= 0.3 is 0 Å². The van der Waals surface area contributed by atoms with Crippen LogP contribution >= 0.6 is 0 Å². The van der Waals surface area contributed by atoms with E-state index in [9.17, 15) is 0 Å². The first-order valence-corrected chi connectivity index (χ1v) is 0.548. The van der Waals surface area contributed by atoms with Crippen molar-refractivity contribution in [2.75, 3.05) is 0 Å². The maximum atomic E-state index is 8.25. The van der Waals surface area contributed by atoms with Crippen LogP contribution < -0.4 is 0 Å². The van der Waals surface area contributed by atoms with Gasteiger partial charge in [0.1, 0.15) is 0 Å². The van der Waals surface area contributed by atoms with Gasteiger partial charge in [0.05, 0.1) is 5.09 Å². The molecular weight excluding hydrogens is 127 g/mol. The Morgan fingerprint density at radius 3 is 1.40 bits per heavy atom. The number of hydrogen-bond donors (Lipinski definition) is 0. The standard InChI is InChI=1S/NO3.Zn/c2-1(3)4;/q-1;. The van der Waals surface area contributed by atoms with Crippen molar-refractivity contribution < 1.29 is 24.6 Å². The first-order valence-electron chi connectivity index (χ1n) is 0.548. The van der Waals surface area contributed by atoms with E-state index in [1.54, 1.807) is 0 Å². The van der Waals surface area contributed by atoms with E-state index in [1.165, 1.54) is 0 Å². The molecule has 0 saturated heterocycles. The van der Waals surface area contributed by atoms with Gasteiger partial charge in [0.25, 0.3) is 0 Å². The quantitative estimate of drug-likeness (QED) is 0.256. The van der Waals surface area contributed by atoms with E-state index in [1.807, 2.05) is 0 Å². The first-order chi connectivity index (χ1) is 1.73. The van der Waals surface area contributed by atoms with Crippen molar-refractivity contribution in [3.63, 3.8) is 0 Å². The zero-order valence-corrected chi connectivity index (χ0v) is 5.35. The summed E-state index contributed by atoms with van der Waals surface area (Å²) in [4.78, 5) is 8.25. The molecule has 0 heterocycles. The topological polar surface area (TPSA) is 66.2 Å². The van der Waals surface area contributed by atoms with Crippen molar-refractivity contribution in [2.45, 2.75) is 0 Å². The summed E-state index contributed by atoms with van der Waals surface area (Å²) in [5.74, 6) is 0. The normalized spacial score (nSPS) is 4.80. The summed E-state index contributed by atoms with van der Waals surface area (Å²) >= 11 is 0. The Morgan fingerprint density at radius 2 is 1.40 bits per heavy atom. The Morgan fingerprint density at radius 1 is 1.40 bits per heavy atom. The van der Waals surface area contributed by atoms with Crippen molar-refractivity contribution in [1.29, 1.82) is 0 Å². The third-order valence-corrected chi connectivity index (χ3v) is 0. The molecule has 0 fully saturated rings. The van der Waals surface area contributed by atoms with Gasteiger partial charge in [-0.2, -0.15) is 0 Å². The summed E-state index contributed by atoms with van der Waals surface area (Å²) in [6, 6.07) is 0. The third kappa shape index (κ3) is 407. The minimum absolute atomic E-state index is 0. The van der Waals surface area contributed by atoms with Gasteiger partial charge in [-0.1, -0.05) is 0 Å². The second-order valence-corrected chi connectivity index (χ2v) is 0.224. The van der Waals surface area contributed by atoms with Crippen molar-refractivity contribution in [3.8, 4) is 0 Å². The van der Waals surface area contributed by atoms with E-state index in [0.29, 0.717) is 0 Å². The molecule has 0 rings (SSSR count). The smallest absolute Gasteiger partial charge is 0.0689 e. The first kappa shape index (κ1) is 8.85. The maximum absolute atomic E-state index is 8.25. The Labute approximate surface area is 40.7 Å². The molecule has 0 aromatic carbocycles. The van der Waals surface area contributed by atoms with Gasteiger partial charge in [-0.15, -0.1) is 0 Å². The summed E-state index contributed by atoms with van der Waals surface area (Å²) in [5.41, 5.74) is 0. The molecule has 4 nitrogen and oxygen atoms in total. The molecule has 0 bridgehead atoms. The van der Waals surface area contributed by atoms with Gasteiger partial charge in [0.2, 0.25) is 0 Å². The molecule has 0 aromatic heterocycles. The van der Waals surface area contributed by atoms with Gasteiger partial charge < -0.3 is 15.3 Å². The van der Waals surface area contributed by atoms with Gasteiger partial charge in [-0.25, -0.2) is 0 Å². The van der Waals surface area contributed by atoms with Crippen LogP contribution in [0.25, 0.3) is 0 Å². The maximum Gasteiger partial charge on any atom is 0.0689 e. The van der Waals surface area contributed by atoms with Crippen LogP contribution in [0.1, 0.15) is 0 Å². The summed E-state index contributed by atoms with van der Waals surface area (Å²) < 4.78 is 0. The Balaban J connectivity index is 0. The average molecular weight is 127 g/mol. The molecule has 0 atom stereocenters. The Kier molecular flexibility index (Phi) is 6.76. The molecule has 0 aliphatic heterocycles. The third-order valence-electron chi connectivity index (χ3n) is 0. The molecule has 0 saturated carbocycles.